The average Bonchev–Trinajstić information content (AvgIpc) is 2.98. The molecule has 2 fully saturated rings. The second kappa shape index (κ2) is 6.60. The predicted molar refractivity (Wildman–Crippen MR) is 101 cm³/mol. The smallest absolute Gasteiger partial charge is 0.253 e. The molecule has 2 heterocycles. The van der Waals surface area contributed by atoms with Gasteiger partial charge < -0.3 is 10.2 Å². The predicted octanol–water partition coefficient (Wildman–Crippen LogP) is 3.27. The highest BCUT2D eigenvalue weighted by Gasteiger charge is 2.46. The van der Waals surface area contributed by atoms with Gasteiger partial charge in [-0.3, -0.25) is 9.59 Å². The molecule has 0 aromatic heterocycles. The fourth-order valence-electron chi connectivity index (χ4n) is 4.27. The van der Waals surface area contributed by atoms with E-state index in [1.165, 1.54) is 0 Å². The Kier molecular flexibility index (Phi) is 4.27. The van der Waals surface area contributed by atoms with Gasteiger partial charge in [0.2, 0.25) is 5.91 Å². The summed E-state index contributed by atoms with van der Waals surface area (Å²) in [5.41, 5.74) is 2.76. The fourth-order valence-corrected chi connectivity index (χ4v) is 4.27. The Labute approximate surface area is 154 Å². The number of piperidine rings is 1. The number of carbonyl (C=O) groups excluding carboxylic acids is 2. The van der Waals surface area contributed by atoms with Crippen LogP contribution in [0.25, 0.3) is 0 Å². The summed E-state index contributed by atoms with van der Waals surface area (Å²) in [5.74, 6) is 0.136. The van der Waals surface area contributed by atoms with Crippen molar-refractivity contribution in [1.82, 2.24) is 10.2 Å². The van der Waals surface area contributed by atoms with E-state index in [-0.39, 0.29) is 23.3 Å². The zero-order valence-electron chi connectivity index (χ0n) is 15.1. The summed E-state index contributed by atoms with van der Waals surface area (Å²) in [6.45, 7) is 3.38. The lowest BCUT2D eigenvalue weighted by Crippen LogP contribution is -2.52. The molecule has 0 aliphatic carbocycles. The van der Waals surface area contributed by atoms with Crippen molar-refractivity contribution < 1.29 is 9.59 Å². The Hall–Kier alpha value is -2.62. The van der Waals surface area contributed by atoms with Gasteiger partial charge in [-0.15, -0.1) is 0 Å². The number of hydrogen-bond donors (Lipinski definition) is 1. The minimum Gasteiger partial charge on any atom is -0.350 e. The Bertz CT molecular complexity index is 823. The molecule has 4 nitrogen and oxygen atoms in total. The molecule has 2 aromatic carbocycles. The van der Waals surface area contributed by atoms with E-state index in [0.29, 0.717) is 13.1 Å². The van der Waals surface area contributed by atoms with E-state index in [1.807, 2.05) is 66.4 Å². The molecule has 0 unspecified atom stereocenters. The van der Waals surface area contributed by atoms with E-state index in [4.69, 9.17) is 0 Å². The van der Waals surface area contributed by atoms with Crippen LogP contribution in [0.15, 0.2) is 54.6 Å². The van der Waals surface area contributed by atoms with Crippen LogP contribution < -0.4 is 5.32 Å². The highest BCUT2D eigenvalue weighted by molar-refractivity contribution is 5.94. The van der Waals surface area contributed by atoms with Crippen molar-refractivity contribution in [2.75, 3.05) is 13.1 Å². The van der Waals surface area contributed by atoms with E-state index in [9.17, 15) is 9.59 Å². The summed E-state index contributed by atoms with van der Waals surface area (Å²) in [7, 11) is 0. The standard InChI is InChI=1S/C22H24N2O2/c1-16-6-5-9-18(14-16)21(26)24-12-10-22(11-13-24)15-19(20(25)23-22)17-7-3-2-4-8-17/h2-9,14,19H,10-13,15H2,1H3,(H,23,25)/t19-/m1/s1. The number of nitrogens with one attached hydrogen (secondary N) is 1. The van der Waals surface area contributed by atoms with E-state index in [1.54, 1.807) is 0 Å². The van der Waals surface area contributed by atoms with Crippen molar-refractivity contribution in [2.24, 2.45) is 0 Å². The first kappa shape index (κ1) is 16.8. The third kappa shape index (κ3) is 3.12. The van der Waals surface area contributed by atoms with Crippen LogP contribution in [0, 0.1) is 6.92 Å². The van der Waals surface area contributed by atoms with Gasteiger partial charge in [0.25, 0.3) is 5.91 Å². The molecule has 2 aliphatic heterocycles. The molecule has 4 heteroatoms. The van der Waals surface area contributed by atoms with Crippen LogP contribution in [0.2, 0.25) is 0 Å². The van der Waals surface area contributed by atoms with Gasteiger partial charge in [-0.2, -0.15) is 0 Å². The van der Waals surface area contributed by atoms with Crippen LogP contribution in [0.5, 0.6) is 0 Å². The molecule has 1 spiro atoms. The lowest BCUT2D eigenvalue weighted by Gasteiger charge is -2.39. The molecule has 2 aliphatic rings. The van der Waals surface area contributed by atoms with Crippen LogP contribution in [0.4, 0.5) is 0 Å². The van der Waals surface area contributed by atoms with Gasteiger partial charge in [-0.25, -0.2) is 0 Å². The maximum Gasteiger partial charge on any atom is 0.253 e. The molecular formula is C22H24N2O2. The van der Waals surface area contributed by atoms with E-state index < -0.39 is 0 Å². The van der Waals surface area contributed by atoms with Gasteiger partial charge in [-0.1, -0.05) is 48.0 Å². The Balaban J connectivity index is 1.43. The topological polar surface area (TPSA) is 49.4 Å². The van der Waals surface area contributed by atoms with Gasteiger partial charge in [0.15, 0.2) is 0 Å². The molecule has 134 valence electrons. The third-order valence-corrected chi connectivity index (χ3v) is 5.77. The van der Waals surface area contributed by atoms with Crippen LogP contribution in [0.3, 0.4) is 0 Å². The maximum atomic E-state index is 12.7. The highest BCUT2D eigenvalue weighted by atomic mass is 16.2. The molecule has 0 bridgehead atoms. The first-order chi connectivity index (χ1) is 12.6. The van der Waals surface area contributed by atoms with Gasteiger partial charge in [0.1, 0.15) is 0 Å². The van der Waals surface area contributed by atoms with E-state index in [0.717, 1.165) is 36.0 Å². The third-order valence-electron chi connectivity index (χ3n) is 5.77. The first-order valence-corrected chi connectivity index (χ1v) is 9.29. The van der Waals surface area contributed by atoms with E-state index in [2.05, 4.69) is 5.32 Å². The SMILES string of the molecule is Cc1cccc(C(=O)N2CCC3(CC2)C[C@H](c2ccccc2)C(=O)N3)c1. The van der Waals surface area contributed by atoms with E-state index >= 15 is 0 Å². The number of benzene rings is 2. The zero-order chi connectivity index (χ0) is 18.1. The molecule has 2 amide bonds. The zero-order valence-corrected chi connectivity index (χ0v) is 15.1. The molecule has 4 rings (SSSR count). The van der Waals surface area contributed by atoms with Crippen LogP contribution >= 0.6 is 0 Å². The van der Waals surface area contributed by atoms with Crippen LogP contribution in [-0.4, -0.2) is 35.3 Å². The van der Waals surface area contributed by atoms with Crippen molar-refractivity contribution in [3.05, 3.63) is 71.3 Å². The molecule has 2 aromatic rings. The summed E-state index contributed by atoms with van der Waals surface area (Å²) in [4.78, 5) is 27.2. The summed E-state index contributed by atoms with van der Waals surface area (Å²) in [5, 5.41) is 3.25. The number of aryl methyl sites for hydroxylation is 1. The highest BCUT2D eigenvalue weighted by Crippen LogP contribution is 2.39. The largest absolute Gasteiger partial charge is 0.350 e. The number of carbonyl (C=O) groups is 2. The molecule has 0 saturated carbocycles. The van der Waals surface area contributed by atoms with Gasteiger partial charge in [0, 0.05) is 24.2 Å². The fraction of sp³-hybridized carbons (Fsp3) is 0.364. The minimum atomic E-state index is -0.166. The normalized spacial score (nSPS) is 21.7. The second-order valence-corrected chi connectivity index (χ2v) is 7.60. The van der Waals surface area contributed by atoms with Crippen LogP contribution in [-0.2, 0) is 4.79 Å². The summed E-state index contributed by atoms with van der Waals surface area (Å²) in [6, 6.07) is 17.7. The quantitative estimate of drug-likeness (QED) is 0.905. The lowest BCUT2D eigenvalue weighted by atomic mass is 9.82. The minimum absolute atomic E-state index is 0.0739. The summed E-state index contributed by atoms with van der Waals surface area (Å²) < 4.78 is 0. The van der Waals surface area contributed by atoms with Crippen molar-refractivity contribution in [1.29, 1.82) is 0 Å². The van der Waals surface area contributed by atoms with Gasteiger partial charge in [-0.05, 0) is 43.9 Å². The number of rotatable bonds is 2. The van der Waals surface area contributed by atoms with Gasteiger partial charge in [0.05, 0.1) is 5.92 Å². The first-order valence-electron chi connectivity index (χ1n) is 9.29. The number of nitrogens with zero attached hydrogens (tertiary/aromatic N) is 1. The van der Waals surface area contributed by atoms with Crippen LogP contribution in [0.1, 0.15) is 46.7 Å². The Morgan fingerprint density at radius 2 is 1.81 bits per heavy atom. The Morgan fingerprint density at radius 1 is 1.08 bits per heavy atom. The van der Waals surface area contributed by atoms with Crippen molar-refractivity contribution in [3.8, 4) is 0 Å². The van der Waals surface area contributed by atoms with Gasteiger partial charge >= 0.3 is 0 Å². The molecule has 1 atom stereocenters. The van der Waals surface area contributed by atoms with Crippen molar-refractivity contribution in [3.63, 3.8) is 0 Å². The molecule has 1 N–H and O–H groups in total. The lowest BCUT2D eigenvalue weighted by molar-refractivity contribution is -0.121. The second-order valence-electron chi connectivity index (χ2n) is 7.60. The molecule has 2 saturated heterocycles. The monoisotopic (exact) mass is 348 g/mol. The summed E-state index contributed by atoms with van der Waals surface area (Å²) >= 11 is 0. The summed E-state index contributed by atoms with van der Waals surface area (Å²) in [6.07, 6.45) is 2.46. The molecule has 0 radical (unpaired) electrons. The molecule has 26 heavy (non-hydrogen) atoms. The number of amides is 2. The average molecular weight is 348 g/mol. The molecular weight excluding hydrogens is 324 g/mol. The maximum absolute atomic E-state index is 12.7. The van der Waals surface area contributed by atoms with Crippen molar-refractivity contribution in [2.45, 2.75) is 37.6 Å². The Morgan fingerprint density at radius 3 is 2.50 bits per heavy atom. The number of hydrogen-bond acceptors (Lipinski definition) is 2. The van der Waals surface area contributed by atoms with Crippen molar-refractivity contribution >= 4 is 11.8 Å². The number of likely N-dealkylation sites (tertiary alicyclic amines) is 1.